The molecule has 21 nitrogen and oxygen atoms in total. The summed E-state index contributed by atoms with van der Waals surface area (Å²) in [6.07, 6.45) is 3.18. The SMILES string of the molecule is CN1CC[C@H]2CC[C@@H](C(=O)N[C@@H](CCC(N)=O)C(=O)N[C@@H](COCCCC#Cc3cccc4c3CN(C3CCC(=O)NC3=O)C4=O)c3ccccc3)N2C(=O)[C@@H](NC(=O)c2c[nH]c3ccc(C(F)(F)P(=O)(O)O)cc23)C1. The third kappa shape index (κ3) is 12.2. The lowest BCUT2D eigenvalue weighted by atomic mass is 10.0. The summed E-state index contributed by atoms with van der Waals surface area (Å²) >= 11 is 0. The van der Waals surface area contributed by atoms with Gasteiger partial charge in [0.15, 0.2) is 0 Å². The van der Waals surface area contributed by atoms with Crippen molar-refractivity contribution < 1.29 is 66.2 Å². The Hall–Kier alpha value is -7.35. The number of nitrogens with two attached hydrogens (primary N) is 1. The number of fused-ring (bicyclic) bond motifs is 3. The van der Waals surface area contributed by atoms with E-state index in [1.807, 2.05) is 4.90 Å². The number of piperidine rings is 1. The number of alkyl halides is 2. The second-order valence-corrected chi connectivity index (χ2v) is 21.0. The summed E-state index contributed by atoms with van der Waals surface area (Å²) in [5, 5.41) is 10.6. The van der Waals surface area contributed by atoms with Gasteiger partial charge in [0.05, 0.1) is 18.2 Å². The fourth-order valence-electron chi connectivity index (χ4n) is 10.1. The van der Waals surface area contributed by atoms with E-state index in [2.05, 4.69) is 38.1 Å². The minimum absolute atomic E-state index is 0.000878. The third-order valence-electron chi connectivity index (χ3n) is 14.2. The van der Waals surface area contributed by atoms with E-state index in [4.69, 9.17) is 10.5 Å². The molecule has 24 heteroatoms. The number of H-pyrrole nitrogens is 1. The maximum absolute atomic E-state index is 14.7. The van der Waals surface area contributed by atoms with Crippen LogP contribution in [0.4, 0.5) is 8.78 Å². The van der Waals surface area contributed by atoms with Gasteiger partial charge < -0.3 is 55.9 Å². The Morgan fingerprint density at radius 2 is 1.76 bits per heavy atom. The number of rotatable bonds is 18. The number of amides is 8. The highest BCUT2D eigenvalue weighted by molar-refractivity contribution is 7.52. The van der Waals surface area contributed by atoms with Crippen LogP contribution in [0.2, 0.25) is 0 Å². The van der Waals surface area contributed by atoms with Crippen molar-refractivity contribution in [3.05, 3.63) is 106 Å². The van der Waals surface area contributed by atoms with E-state index in [1.165, 1.54) is 16.0 Å². The molecule has 3 saturated heterocycles. The fraction of sp³-hybridized carbons (Fsp3) is 0.423. The van der Waals surface area contributed by atoms with Crippen molar-refractivity contribution in [3.63, 3.8) is 0 Å². The molecule has 9 N–H and O–H groups in total. The molecule has 0 bridgehead atoms. The van der Waals surface area contributed by atoms with Crippen LogP contribution in [0.15, 0.2) is 72.9 Å². The van der Waals surface area contributed by atoms with Crippen molar-refractivity contribution in [1.82, 2.24) is 41.0 Å². The lowest BCUT2D eigenvalue weighted by molar-refractivity contribution is -0.144. The molecule has 0 saturated carbocycles. The number of unbranched alkanes of at least 4 members (excludes halogenated alkanes) is 1. The smallest absolute Gasteiger partial charge is 0.379 e. The number of primary amides is 1. The second kappa shape index (κ2) is 23.3. The van der Waals surface area contributed by atoms with Gasteiger partial charge in [-0.25, -0.2) is 0 Å². The first-order valence-electron chi connectivity index (χ1n) is 24.9. The van der Waals surface area contributed by atoms with E-state index < -0.39 is 90.5 Å². The maximum atomic E-state index is 14.7. The molecule has 3 fully saturated rings. The van der Waals surface area contributed by atoms with Gasteiger partial charge in [-0.1, -0.05) is 54.3 Å². The summed E-state index contributed by atoms with van der Waals surface area (Å²) in [5.41, 5.74) is 2.48. The number of halogens is 2. The topological polar surface area (TPSA) is 303 Å². The number of carbonyl (C=O) groups excluding carboxylic acids is 8. The highest BCUT2D eigenvalue weighted by atomic mass is 31.2. The monoisotopic (exact) mass is 1070 g/mol. The van der Waals surface area contributed by atoms with Crippen LogP contribution in [0.25, 0.3) is 10.9 Å². The Morgan fingerprint density at radius 1 is 0.987 bits per heavy atom. The van der Waals surface area contributed by atoms with Crippen molar-refractivity contribution >= 4 is 65.8 Å². The summed E-state index contributed by atoms with van der Waals surface area (Å²) in [5.74, 6) is 1.59. The van der Waals surface area contributed by atoms with Crippen molar-refractivity contribution in [3.8, 4) is 11.8 Å². The molecule has 5 heterocycles. The van der Waals surface area contributed by atoms with Gasteiger partial charge in [0.25, 0.3) is 11.8 Å². The van der Waals surface area contributed by atoms with Crippen LogP contribution < -0.4 is 27.0 Å². The van der Waals surface area contributed by atoms with Gasteiger partial charge in [0.1, 0.15) is 24.2 Å². The number of hydrogen-bond donors (Lipinski definition) is 8. The van der Waals surface area contributed by atoms with Crippen LogP contribution in [0.5, 0.6) is 0 Å². The molecule has 4 aliphatic rings. The zero-order chi connectivity index (χ0) is 54.5. The number of hydrogen-bond acceptors (Lipinski definition) is 11. The van der Waals surface area contributed by atoms with Crippen molar-refractivity contribution in [1.29, 1.82) is 0 Å². The first-order chi connectivity index (χ1) is 36.2. The molecule has 8 rings (SSSR count). The molecule has 0 spiro atoms. The molecule has 402 valence electrons. The molecular formula is C52H58F2N9O12P. The molecule has 0 radical (unpaired) electrons. The molecule has 8 amide bonds. The lowest BCUT2D eigenvalue weighted by Crippen LogP contribution is -2.61. The molecule has 6 atom stereocenters. The van der Waals surface area contributed by atoms with Crippen LogP contribution >= 0.6 is 7.60 Å². The Labute approximate surface area is 435 Å². The average molecular weight is 1070 g/mol. The first-order valence-corrected chi connectivity index (χ1v) is 26.5. The second-order valence-electron chi connectivity index (χ2n) is 19.4. The number of likely N-dealkylation sites (N-methyl/N-ethyl adjacent to an activating group) is 1. The van der Waals surface area contributed by atoms with E-state index in [-0.39, 0.29) is 86.7 Å². The predicted octanol–water partition coefficient (Wildman–Crippen LogP) is 2.41. The Kier molecular flexibility index (Phi) is 16.8. The van der Waals surface area contributed by atoms with Gasteiger partial charge in [-0.3, -0.25) is 48.2 Å². The number of benzene rings is 3. The maximum Gasteiger partial charge on any atom is 0.399 e. The number of aromatic amines is 1. The van der Waals surface area contributed by atoms with E-state index in [0.29, 0.717) is 54.5 Å². The zero-order valence-corrected chi connectivity index (χ0v) is 42.3. The Morgan fingerprint density at radius 3 is 2.50 bits per heavy atom. The summed E-state index contributed by atoms with van der Waals surface area (Å²) in [6.45, 7) is 0.915. The molecule has 4 aromatic rings. The normalized spacial score (nSPS) is 20.9. The quantitative estimate of drug-likeness (QED) is 0.0308. The van der Waals surface area contributed by atoms with Gasteiger partial charge in [0.2, 0.25) is 35.4 Å². The van der Waals surface area contributed by atoms with Gasteiger partial charge >= 0.3 is 13.3 Å². The minimum atomic E-state index is -5.93. The van der Waals surface area contributed by atoms with E-state index in [9.17, 15) is 61.5 Å². The molecule has 0 aliphatic carbocycles. The van der Waals surface area contributed by atoms with Crippen LogP contribution in [0.3, 0.4) is 0 Å². The Balaban J connectivity index is 0.903. The predicted molar refractivity (Wildman–Crippen MR) is 268 cm³/mol. The van der Waals surface area contributed by atoms with E-state index in [0.717, 1.165) is 18.2 Å². The van der Waals surface area contributed by atoms with Crippen LogP contribution in [0.1, 0.15) is 107 Å². The summed E-state index contributed by atoms with van der Waals surface area (Å²) in [7, 11) is -4.18. The number of nitrogens with zero attached hydrogens (tertiary/aromatic N) is 3. The van der Waals surface area contributed by atoms with Crippen LogP contribution in [0, 0.1) is 11.8 Å². The lowest BCUT2D eigenvalue weighted by Gasteiger charge is -2.38. The molecule has 4 aliphatic heterocycles. The van der Waals surface area contributed by atoms with Crippen molar-refractivity contribution in [2.75, 3.05) is 33.4 Å². The van der Waals surface area contributed by atoms with Gasteiger partial charge in [-0.2, -0.15) is 8.78 Å². The first kappa shape index (κ1) is 54.9. The van der Waals surface area contributed by atoms with Crippen molar-refractivity contribution in [2.45, 2.75) is 106 Å². The molecule has 3 aromatic carbocycles. The third-order valence-corrected chi connectivity index (χ3v) is 15.1. The average Bonchev–Trinajstić information content (AvgIpc) is 4.11. The van der Waals surface area contributed by atoms with Gasteiger partial charge in [-0.15, -0.1) is 0 Å². The summed E-state index contributed by atoms with van der Waals surface area (Å²) in [6, 6.07) is 11.4. The highest BCUT2D eigenvalue weighted by Gasteiger charge is 2.51. The standard InChI is InChI=1S/C52H58F2N9O12P/c1-61-23-22-33-15-18-43(63(33)51(71)40(28-61)58-46(66)36-26-56-38-16-14-32(25-35(36)38)52(53,54)76(72,73)74)49(69)57-39(17-20-44(55)64)47(67)59-41(31-10-4-2-5-11-31)29-75-24-7-3-6-9-30-12-8-13-34-37(30)27-62(50(34)70)42-19-21-45(65)60-48(42)68/h2,4-5,8,10-14,16,25-26,33,39-43,56H,3,7,15,17-24,27-29H2,1H3,(H2,55,64)(H,57,69)(H,58,66)(H,59,67)(H,60,65,68)(H2,72,73,74)/t33-,39+,40+,41+,42?,43+/m1/s1. The highest BCUT2D eigenvalue weighted by Crippen LogP contribution is 2.59. The number of nitrogens with one attached hydrogen (secondary N) is 5. The summed E-state index contributed by atoms with van der Waals surface area (Å²) in [4.78, 5) is 133. The fourth-order valence-corrected chi connectivity index (χ4v) is 10.6. The van der Waals surface area contributed by atoms with Gasteiger partial charge in [-0.05, 0) is 87.5 Å². The van der Waals surface area contributed by atoms with E-state index in [1.54, 1.807) is 55.6 Å². The van der Waals surface area contributed by atoms with Crippen LogP contribution in [-0.2, 0) is 50.3 Å². The van der Waals surface area contributed by atoms with Gasteiger partial charge in [0, 0.05) is 78.8 Å². The molecule has 1 unspecified atom stereocenters. The largest absolute Gasteiger partial charge is 0.399 e. The Bertz CT molecular complexity index is 3050. The number of carbonyl (C=O) groups is 8. The number of imide groups is 1. The van der Waals surface area contributed by atoms with Crippen LogP contribution in [-0.4, -0.2) is 140 Å². The number of ether oxygens (including phenoxy) is 1. The number of aromatic nitrogens is 1. The molecule has 1 aromatic heterocycles. The zero-order valence-electron chi connectivity index (χ0n) is 41.4. The van der Waals surface area contributed by atoms with Crippen molar-refractivity contribution in [2.24, 2.45) is 5.73 Å². The molecule has 76 heavy (non-hydrogen) atoms. The molecular weight excluding hydrogens is 1010 g/mol. The summed E-state index contributed by atoms with van der Waals surface area (Å²) < 4.78 is 47.1. The minimum Gasteiger partial charge on any atom is -0.379 e. The van der Waals surface area contributed by atoms with E-state index >= 15 is 0 Å².